The smallest absolute Gasteiger partial charge is 0.305 e. The molecule has 0 saturated heterocycles. The van der Waals surface area contributed by atoms with Crippen LogP contribution in [0.3, 0.4) is 0 Å². The first-order valence-electron chi connectivity index (χ1n) is 7.66. The Bertz CT molecular complexity index is 789. The molecule has 7 heteroatoms. The van der Waals surface area contributed by atoms with Gasteiger partial charge >= 0.3 is 6.01 Å². The number of fused-ring (bicyclic) bond motifs is 1. The van der Waals surface area contributed by atoms with E-state index in [2.05, 4.69) is 10.1 Å². The van der Waals surface area contributed by atoms with E-state index in [1.54, 1.807) is 11.9 Å². The highest BCUT2D eigenvalue weighted by Crippen LogP contribution is 2.33. The maximum Gasteiger partial charge on any atom is 0.305 e. The van der Waals surface area contributed by atoms with Gasteiger partial charge in [-0.1, -0.05) is 12.1 Å². The van der Waals surface area contributed by atoms with Gasteiger partial charge in [0.05, 0.1) is 0 Å². The van der Waals surface area contributed by atoms with Crippen molar-refractivity contribution in [1.82, 2.24) is 9.99 Å². The SMILES string of the molecule is CN1N=C(C(=O)N(c2nc3ccccc3o2)C2CC2)CCC1=O. The lowest BCUT2D eigenvalue weighted by Crippen LogP contribution is -2.42. The van der Waals surface area contributed by atoms with Crippen LogP contribution < -0.4 is 4.90 Å². The quantitative estimate of drug-likeness (QED) is 0.867. The fraction of sp³-hybridized carbons (Fsp3) is 0.375. The molecule has 2 amide bonds. The molecular weight excluding hydrogens is 296 g/mol. The Morgan fingerprint density at radius 1 is 1.30 bits per heavy atom. The predicted octanol–water partition coefficient (Wildman–Crippen LogP) is 1.93. The molecule has 23 heavy (non-hydrogen) atoms. The Hall–Kier alpha value is -2.70. The average molecular weight is 312 g/mol. The summed E-state index contributed by atoms with van der Waals surface area (Å²) in [6, 6.07) is 7.83. The number of anilines is 1. The molecule has 4 rings (SSSR count). The molecule has 2 aromatic rings. The van der Waals surface area contributed by atoms with Crippen molar-refractivity contribution >= 4 is 34.6 Å². The van der Waals surface area contributed by atoms with E-state index < -0.39 is 0 Å². The van der Waals surface area contributed by atoms with Gasteiger partial charge in [-0.25, -0.2) is 5.01 Å². The average Bonchev–Trinajstić information content (AvgIpc) is 3.28. The summed E-state index contributed by atoms with van der Waals surface area (Å²) < 4.78 is 5.75. The van der Waals surface area contributed by atoms with Crippen LogP contribution in [-0.4, -0.2) is 40.6 Å². The highest BCUT2D eigenvalue weighted by molar-refractivity contribution is 6.44. The van der Waals surface area contributed by atoms with Gasteiger partial charge in [-0.05, 0) is 25.0 Å². The number of para-hydroxylation sites is 2. The number of benzene rings is 1. The molecule has 2 aliphatic rings. The molecule has 0 atom stereocenters. The highest BCUT2D eigenvalue weighted by Gasteiger charge is 2.39. The number of carbonyl (C=O) groups excluding carboxylic acids is 2. The van der Waals surface area contributed by atoms with Gasteiger partial charge in [-0.3, -0.25) is 14.5 Å². The summed E-state index contributed by atoms with van der Waals surface area (Å²) in [6.07, 6.45) is 2.50. The number of hydrogen-bond donors (Lipinski definition) is 0. The predicted molar refractivity (Wildman–Crippen MR) is 84.0 cm³/mol. The summed E-state index contributed by atoms with van der Waals surface area (Å²) in [7, 11) is 1.57. The fourth-order valence-corrected chi connectivity index (χ4v) is 2.67. The minimum absolute atomic E-state index is 0.0821. The minimum atomic E-state index is -0.224. The van der Waals surface area contributed by atoms with E-state index in [4.69, 9.17) is 4.42 Å². The van der Waals surface area contributed by atoms with Crippen molar-refractivity contribution in [2.75, 3.05) is 11.9 Å². The van der Waals surface area contributed by atoms with Gasteiger partial charge in [0.2, 0.25) is 5.91 Å². The third-order valence-corrected chi connectivity index (χ3v) is 4.07. The first-order valence-corrected chi connectivity index (χ1v) is 7.66. The molecule has 0 bridgehead atoms. The number of oxazole rings is 1. The van der Waals surface area contributed by atoms with Gasteiger partial charge < -0.3 is 4.42 Å². The molecular formula is C16H16N4O3. The largest absolute Gasteiger partial charge is 0.423 e. The number of rotatable bonds is 3. The second kappa shape index (κ2) is 5.19. The van der Waals surface area contributed by atoms with Gasteiger partial charge in [0.25, 0.3) is 5.91 Å². The monoisotopic (exact) mass is 312 g/mol. The van der Waals surface area contributed by atoms with Crippen LogP contribution in [0.25, 0.3) is 11.1 Å². The zero-order valence-corrected chi connectivity index (χ0v) is 12.7. The zero-order chi connectivity index (χ0) is 16.0. The highest BCUT2D eigenvalue weighted by atomic mass is 16.4. The van der Waals surface area contributed by atoms with E-state index in [9.17, 15) is 9.59 Å². The van der Waals surface area contributed by atoms with Crippen LogP contribution in [0.1, 0.15) is 25.7 Å². The molecule has 2 heterocycles. The molecule has 1 aromatic carbocycles. The molecule has 1 aliphatic carbocycles. The third-order valence-electron chi connectivity index (χ3n) is 4.07. The molecule has 0 N–H and O–H groups in total. The van der Waals surface area contributed by atoms with Gasteiger partial charge in [-0.2, -0.15) is 10.1 Å². The summed E-state index contributed by atoms with van der Waals surface area (Å²) in [5, 5.41) is 5.34. The molecule has 1 fully saturated rings. The number of hydrogen-bond acceptors (Lipinski definition) is 5. The Morgan fingerprint density at radius 2 is 2.09 bits per heavy atom. The van der Waals surface area contributed by atoms with Crippen molar-refractivity contribution in [3.05, 3.63) is 24.3 Å². The number of aromatic nitrogens is 1. The summed E-state index contributed by atoms with van der Waals surface area (Å²) in [5.41, 5.74) is 1.75. The van der Waals surface area contributed by atoms with E-state index in [0.717, 1.165) is 18.4 Å². The standard InChI is InChI=1S/C16H16N4O3/c1-19-14(21)9-8-12(18-19)15(22)20(10-6-7-10)16-17-11-4-2-3-5-13(11)23-16/h2-5,10H,6-9H2,1H3. The molecule has 0 radical (unpaired) electrons. The summed E-state index contributed by atoms with van der Waals surface area (Å²) in [4.78, 5) is 30.4. The van der Waals surface area contributed by atoms with Crippen LogP contribution in [0, 0.1) is 0 Å². The van der Waals surface area contributed by atoms with Crippen molar-refractivity contribution in [2.24, 2.45) is 5.10 Å². The Labute approximate surface area is 132 Å². The minimum Gasteiger partial charge on any atom is -0.423 e. The lowest BCUT2D eigenvalue weighted by atomic mass is 10.1. The number of carbonyl (C=O) groups is 2. The normalized spacial score (nSPS) is 18.2. The van der Waals surface area contributed by atoms with Crippen LogP contribution in [0.15, 0.2) is 33.8 Å². The third kappa shape index (κ3) is 2.48. The van der Waals surface area contributed by atoms with Gasteiger partial charge in [0.1, 0.15) is 11.2 Å². The maximum atomic E-state index is 12.9. The maximum absolute atomic E-state index is 12.9. The van der Waals surface area contributed by atoms with E-state index in [0.29, 0.717) is 30.2 Å². The number of hydrazone groups is 1. The van der Waals surface area contributed by atoms with Gasteiger partial charge in [-0.15, -0.1) is 0 Å². The van der Waals surface area contributed by atoms with Crippen molar-refractivity contribution in [1.29, 1.82) is 0 Å². The molecule has 1 aromatic heterocycles. The van der Waals surface area contributed by atoms with Gasteiger partial charge in [0, 0.05) is 25.9 Å². The van der Waals surface area contributed by atoms with Crippen LogP contribution in [-0.2, 0) is 9.59 Å². The van der Waals surface area contributed by atoms with Crippen LogP contribution in [0.5, 0.6) is 0 Å². The Morgan fingerprint density at radius 3 is 2.78 bits per heavy atom. The lowest BCUT2D eigenvalue weighted by Gasteiger charge is -2.23. The number of nitrogens with zero attached hydrogens (tertiary/aromatic N) is 4. The summed E-state index contributed by atoms with van der Waals surface area (Å²) in [5.74, 6) is -0.306. The first kappa shape index (κ1) is 13.9. The Balaban J connectivity index is 1.69. The number of amides is 2. The van der Waals surface area contributed by atoms with E-state index in [1.165, 1.54) is 5.01 Å². The lowest BCUT2D eigenvalue weighted by molar-refractivity contribution is -0.130. The molecule has 0 spiro atoms. The second-order valence-corrected chi connectivity index (χ2v) is 5.83. The van der Waals surface area contributed by atoms with Crippen LogP contribution in [0.2, 0.25) is 0 Å². The van der Waals surface area contributed by atoms with Crippen molar-refractivity contribution < 1.29 is 14.0 Å². The molecule has 7 nitrogen and oxygen atoms in total. The van der Waals surface area contributed by atoms with Crippen LogP contribution in [0.4, 0.5) is 6.01 Å². The molecule has 118 valence electrons. The fourth-order valence-electron chi connectivity index (χ4n) is 2.67. The van der Waals surface area contributed by atoms with Crippen molar-refractivity contribution in [2.45, 2.75) is 31.7 Å². The zero-order valence-electron chi connectivity index (χ0n) is 12.7. The second-order valence-electron chi connectivity index (χ2n) is 5.83. The summed E-state index contributed by atoms with van der Waals surface area (Å²) >= 11 is 0. The van der Waals surface area contributed by atoms with E-state index in [-0.39, 0.29) is 17.9 Å². The van der Waals surface area contributed by atoms with Crippen LogP contribution >= 0.6 is 0 Å². The van der Waals surface area contributed by atoms with E-state index >= 15 is 0 Å². The summed E-state index contributed by atoms with van der Waals surface area (Å²) in [6.45, 7) is 0. The first-order chi connectivity index (χ1) is 11.1. The van der Waals surface area contributed by atoms with E-state index in [1.807, 2.05) is 24.3 Å². The van der Waals surface area contributed by atoms with Crippen molar-refractivity contribution in [3.63, 3.8) is 0 Å². The molecule has 1 saturated carbocycles. The Kier molecular flexibility index (Phi) is 3.14. The topological polar surface area (TPSA) is 79.0 Å². The van der Waals surface area contributed by atoms with Gasteiger partial charge in [0.15, 0.2) is 5.58 Å². The van der Waals surface area contributed by atoms with Crippen molar-refractivity contribution in [3.8, 4) is 0 Å². The molecule has 1 aliphatic heterocycles. The molecule has 0 unspecified atom stereocenters.